The Bertz CT molecular complexity index is 1270. The number of carbonyl (C=O) groups is 1. The van der Waals surface area contributed by atoms with E-state index in [0.717, 1.165) is 16.6 Å². The maximum Gasteiger partial charge on any atom is 0.434 e. The Kier molecular flexibility index (Phi) is 6.62. The summed E-state index contributed by atoms with van der Waals surface area (Å²) in [5, 5.41) is 6.40. The fourth-order valence-electron chi connectivity index (χ4n) is 3.39. The number of halogens is 3. The van der Waals surface area contributed by atoms with Gasteiger partial charge in [-0.1, -0.05) is 36.4 Å². The summed E-state index contributed by atoms with van der Waals surface area (Å²) >= 11 is 0. The number of hydrogen-bond acceptors (Lipinski definition) is 4. The van der Waals surface area contributed by atoms with Crippen LogP contribution >= 0.6 is 0 Å². The van der Waals surface area contributed by atoms with Crippen molar-refractivity contribution in [1.82, 2.24) is 20.1 Å². The first-order valence-electron chi connectivity index (χ1n) is 10.4. The molecule has 4 aromatic rings. The van der Waals surface area contributed by atoms with Crippen LogP contribution in [0.1, 0.15) is 32.9 Å². The van der Waals surface area contributed by atoms with Crippen LogP contribution in [-0.2, 0) is 19.3 Å². The number of aromatic nitrogens is 3. The molecule has 0 spiro atoms. The first-order valence-corrected chi connectivity index (χ1v) is 10.4. The summed E-state index contributed by atoms with van der Waals surface area (Å²) in [6.45, 7) is 2.04. The van der Waals surface area contributed by atoms with E-state index in [-0.39, 0.29) is 12.2 Å². The van der Waals surface area contributed by atoms with Gasteiger partial charge in [-0.25, -0.2) is 4.68 Å². The Hall–Kier alpha value is -4.14. The Morgan fingerprint density at radius 2 is 1.76 bits per heavy atom. The topological polar surface area (TPSA) is 69.0 Å². The number of hydrogen-bond donors (Lipinski definition) is 1. The molecule has 2 aromatic carbocycles. The van der Waals surface area contributed by atoms with Gasteiger partial charge in [-0.15, -0.1) is 0 Å². The maximum absolute atomic E-state index is 13.9. The highest BCUT2D eigenvalue weighted by Gasteiger charge is 2.40. The molecule has 0 aliphatic rings. The third-order valence-corrected chi connectivity index (χ3v) is 5.12. The second kappa shape index (κ2) is 9.78. The van der Waals surface area contributed by atoms with E-state index >= 15 is 0 Å². The van der Waals surface area contributed by atoms with Crippen LogP contribution in [0.2, 0.25) is 0 Å². The van der Waals surface area contributed by atoms with E-state index in [1.54, 1.807) is 55.6 Å². The van der Waals surface area contributed by atoms with Crippen molar-refractivity contribution in [3.8, 4) is 11.4 Å². The average molecular weight is 466 g/mol. The Morgan fingerprint density at radius 3 is 2.44 bits per heavy atom. The lowest BCUT2D eigenvalue weighted by atomic mass is 10.1. The molecule has 0 radical (unpaired) electrons. The first kappa shape index (κ1) is 23.0. The number of nitrogens with zero attached hydrogens (tertiary/aromatic N) is 3. The van der Waals surface area contributed by atoms with Crippen LogP contribution in [0, 0.1) is 6.92 Å². The minimum atomic E-state index is -4.77. The number of amides is 1. The number of rotatable bonds is 7. The van der Waals surface area contributed by atoms with Crippen LogP contribution < -0.4 is 10.1 Å². The van der Waals surface area contributed by atoms with Crippen LogP contribution in [0.3, 0.4) is 0 Å². The molecule has 174 valence electrons. The van der Waals surface area contributed by atoms with Gasteiger partial charge in [0, 0.05) is 12.7 Å². The van der Waals surface area contributed by atoms with Gasteiger partial charge in [0.05, 0.1) is 23.1 Å². The standard InChI is InChI=1S/C25H21F3N4O2/c1-17-6-2-3-8-22(17)32-23(25(26,27)28)21(15-31-32)24(33)30-14-18-9-11-20(12-10-18)34-16-19-7-4-5-13-29-19/h2-13,15H,14,16H2,1H3,(H,30,33). The van der Waals surface area contributed by atoms with Crippen LogP contribution in [0.15, 0.2) is 79.1 Å². The summed E-state index contributed by atoms with van der Waals surface area (Å²) in [6.07, 6.45) is -2.14. The molecule has 0 aliphatic carbocycles. The lowest BCUT2D eigenvalue weighted by Crippen LogP contribution is -2.26. The maximum atomic E-state index is 13.9. The third kappa shape index (κ3) is 5.25. The van der Waals surface area contributed by atoms with Crippen LogP contribution in [0.4, 0.5) is 13.2 Å². The molecular weight excluding hydrogens is 445 g/mol. The van der Waals surface area contributed by atoms with Gasteiger partial charge in [0.25, 0.3) is 5.91 Å². The number of benzene rings is 2. The zero-order valence-electron chi connectivity index (χ0n) is 18.2. The highest BCUT2D eigenvalue weighted by Crippen LogP contribution is 2.34. The van der Waals surface area contributed by atoms with Gasteiger partial charge >= 0.3 is 6.18 Å². The average Bonchev–Trinajstić information content (AvgIpc) is 3.29. The summed E-state index contributed by atoms with van der Waals surface area (Å²) in [7, 11) is 0. The van der Waals surface area contributed by atoms with E-state index in [1.807, 2.05) is 18.2 Å². The smallest absolute Gasteiger partial charge is 0.434 e. The van der Waals surface area contributed by atoms with Crippen molar-refractivity contribution in [3.63, 3.8) is 0 Å². The minimum absolute atomic E-state index is 0.0478. The molecule has 0 unspecified atom stereocenters. The number of carbonyl (C=O) groups excluding carboxylic acids is 1. The van der Waals surface area contributed by atoms with Gasteiger partial charge in [0.2, 0.25) is 0 Å². The Labute approximate surface area is 194 Å². The molecule has 1 N–H and O–H groups in total. The molecule has 0 bridgehead atoms. The molecule has 0 aliphatic heterocycles. The van der Waals surface area contributed by atoms with Crippen molar-refractivity contribution in [2.24, 2.45) is 0 Å². The van der Waals surface area contributed by atoms with Crippen LogP contribution in [-0.4, -0.2) is 20.7 Å². The Balaban J connectivity index is 1.44. The molecule has 1 amide bonds. The molecule has 9 heteroatoms. The highest BCUT2D eigenvalue weighted by atomic mass is 19.4. The molecule has 0 atom stereocenters. The van der Waals surface area contributed by atoms with Crippen molar-refractivity contribution < 1.29 is 22.7 Å². The van der Waals surface area contributed by atoms with Crippen molar-refractivity contribution in [3.05, 3.63) is 107 Å². The van der Waals surface area contributed by atoms with E-state index < -0.39 is 23.3 Å². The predicted octanol–water partition coefficient (Wildman–Crippen LogP) is 5.10. The molecule has 0 saturated heterocycles. The van der Waals surface area contributed by atoms with Gasteiger partial charge in [0.15, 0.2) is 5.69 Å². The highest BCUT2D eigenvalue weighted by molar-refractivity contribution is 5.95. The third-order valence-electron chi connectivity index (χ3n) is 5.12. The monoisotopic (exact) mass is 466 g/mol. The van der Waals surface area contributed by atoms with E-state index in [9.17, 15) is 18.0 Å². The van der Waals surface area contributed by atoms with Gasteiger partial charge in [-0.05, 0) is 48.4 Å². The zero-order chi connectivity index (χ0) is 24.1. The fourth-order valence-corrected chi connectivity index (χ4v) is 3.39. The molecule has 34 heavy (non-hydrogen) atoms. The first-order chi connectivity index (χ1) is 16.3. The lowest BCUT2D eigenvalue weighted by Gasteiger charge is -2.14. The van der Waals surface area contributed by atoms with E-state index in [2.05, 4.69) is 15.4 Å². The van der Waals surface area contributed by atoms with Gasteiger partial charge in [0.1, 0.15) is 12.4 Å². The molecule has 6 nitrogen and oxygen atoms in total. The quantitative estimate of drug-likeness (QED) is 0.411. The van der Waals surface area contributed by atoms with Gasteiger partial charge in [-0.2, -0.15) is 18.3 Å². The summed E-state index contributed by atoms with van der Waals surface area (Å²) in [5.41, 5.74) is 0.705. The number of para-hydroxylation sites is 1. The second-order valence-corrected chi connectivity index (χ2v) is 7.54. The normalized spacial score (nSPS) is 11.3. The van der Waals surface area contributed by atoms with Crippen LogP contribution in [0.5, 0.6) is 5.75 Å². The van der Waals surface area contributed by atoms with Crippen molar-refractivity contribution in [1.29, 1.82) is 0 Å². The summed E-state index contributed by atoms with van der Waals surface area (Å²) in [6, 6.07) is 19.0. The number of alkyl halides is 3. The number of pyridine rings is 1. The molecule has 2 aromatic heterocycles. The fraction of sp³-hybridized carbons (Fsp3) is 0.160. The van der Waals surface area contributed by atoms with Crippen molar-refractivity contribution in [2.45, 2.75) is 26.3 Å². The predicted molar refractivity (Wildman–Crippen MR) is 119 cm³/mol. The molecular formula is C25H21F3N4O2. The summed E-state index contributed by atoms with van der Waals surface area (Å²) in [5.74, 6) is -0.248. The molecule has 2 heterocycles. The largest absolute Gasteiger partial charge is 0.487 e. The van der Waals surface area contributed by atoms with Gasteiger partial charge in [-0.3, -0.25) is 9.78 Å². The van der Waals surface area contributed by atoms with Crippen molar-refractivity contribution >= 4 is 5.91 Å². The van der Waals surface area contributed by atoms with Crippen molar-refractivity contribution in [2.75, 3.05) is 0 Å². The zero-order valence-corrected chi connectivity index (χ0v) is 18.2. The van der Waals surface area contributed by atoms with Crippen LogP contribution in [0.25, 0.3) is 5.69 Å². The van der Waals surface area contributed by atoms with E-state index in [0.29, 0.717) is 23.5 Å². The SMILES string of the molecule is Cc1ccccc1-n1ncc(C(=O)NCc2ccc(OCc3ccccn3)cc2)c1C(F)(F)F. The second-order valence-electron chi connectivity index (χ2n) is 7.54. The Morgan fingerprint density at radius 1 is 1.03 bits per heavy atom. The van der Waals surface area contributed by atoms with Gasteiger partial charge < -0.3 is 10.1 Å². The number of ether oxygens (including phenoxy) is 1. The molecule has 0 fully saturated rings. The lowest BCUT2D eigenvalue weighted by molar-refractivity contribution is -0.143. The number of nitrogens with one attached hydrogen (secondary N) is 1. The summed E-state index contributed by atoms with van der Waals surface area (Å²) in [4.78, 5) is 16.8. The summed E-state index contributed by atoms with van der Waals surface area (Å²) < 4.78 is 48.0. The van der Waals surface area contributed by atoms with E-state index in [1.165, 1.54) is 6.07 Å². The van der Waals surface area contributed by atoms with E-state index in [4.69, 9.17) is 4.74 Å². The molecule has 0 saturated carbocycles. The number of aryl methyl sites for hydroxylation is 1. The minimum Gasteiger partial charge on any atom is -0.487 e. The molecule has 4 rings (SSSR count).